The van der Waals surface area contributed by atoms with E-state index in [4.69, 9.17) is 0 Å². The van der Waals surface area contributed by atoms with Gasteiger partial charge in [-0.05, 0) is 0 Å². The average Bonchev–Trinajstić information content (AvgIpc) is 1.62. The first-order valence-corrected chi connectivity index (χ1v) is 3.91. The van der Waals surface area contributed by atoms with Gasteiger partial charge in [0, 0.05) is 0 Å². The van der Waals surface area contributed by atoms with Gasteiger partial charge >= 0.3 is 0 Å². The average molecular weight is 155 g/mol. The predicted molar refractivity (Wildman–Crippen MR) is 29.0 cm³/mol. The van der Waals surface area contributed by atoms with Crippen LogP contribution in [-0.4, -0.2) is 27.3 Å². The molecule has 0 aliphatic rings. The van der Waals surface area contributed by atoms with Crippen LogP contribution in [0.3, 0.4) is 0 Å². The van der Waals surface area contributed by atoms with Gasteiger partial charge in [0.2, 0.25) is 10.0 Å². The summed E-state index contributed by atoms with van der Waals surface area (Å²) < 4.78 is 32.9. The number of rotatable bonds is 2. The fraction of sp³-hybridized carbons (Fsp3) is 0.667. The zero-order valence-corrected chi connectivity index (χ0v) is 5.53. The molecule has 1 N–H and O–H groups in total. The van der Waals surface area contributed by atoms with Crippen LogP contribution in [0.2, 0.25) is 0 Å². The second-order valence-electron chi connectivity index (χ2n) is 1.43. The summed E-state index contributed by atoms with van der Waals surface area (Å²) in [5.74, 6) is -1.14. The van der Waals surface area contributed by atoms with Crippen LogP contribution in [0, 0.1) is 0 Å². The minimum Gasteiger partial charge on any atom is -0.271 e. The summed E-state index contributed by atoms with van der Waals surface area (Å²) in [6, 6.07) is 0. The smallest absolute Gasteiger partial charge is 0.264 e. The molecular weight excluding hydrogens is 149 g/mol. The normalized spacial score (nSPS) is 10.9. The third-order valence-corrected chi connectivity index (χ3v) is 1.02. The van der Waals surface area contributed by atoms with Gasteiger partial charge in [-0.15, -0.1) is 0 Å². The lowest BCUT2D eigenvalue weighted by molar-refractivity contribution is -0.120. The second-order valence-corrected chi connectivity index (χ2v) is 3.18. The Bertz CT molecular complexity index is 197. The van der Waals surface area contributed by atoms with Crippen molar-refractivity contribution in [2.75, 3.05) is 12.9 Å². The molecule has 0 aromatic carbocycles. The first-order chi connectivity index (χ1) is 3.95. The highest BCUT2D eigenvalue weighted by atomic mass is 32.2. The van der Waals surface area contributed by atoms with Gasteiger partial charge in [0.05, 0.1) is 6.26 Å². The maximum absolute atomic E-state index is 11.2. The van der Waals surface area contributed by atoms with Crippen molar-refractivity contribution in [1.82, 2.24) is 4.72 Å². The summed E-state index contributed by atoms with van der Waals surface area (Å²) in [6.07, 6.45) is 0.778. The van der Waals surface area contributed by atoms with E-state index in [1.807, 2.05) is 0 Å². The van der Waals surface area contributed by atoms with Crippen molar-refractivity contribution in [2.24, 2.45) is 0 Å². The summed E-state index contributed by atoms with van der Waals surface area (Å²) in [4.78, 5) is 9.96. The highest BCUT2D eigenvalue weighted by molar-refractivity contribution is 7.89. The minimum absolute atomic E-state index is 0.778. The Hall–Kier alpha value is -0.650. The molecule has 0 aromatic heterocycles. The van der Waals surface area contributed by atoms with Gasteiger partial charge in [-0.3, -0.25) is 9.52 Å². The predicted octanol–water partition coefficient (Wildman–Crippen LogP) is -0.968. The molecule has 1 amide bonds. The molecule has 54 valence electrons. The molecule has 0 radical (unpaired) electrons. The summed E-state index contributed by atoms with van der Waals surface area (Å²) >= 11 is 0. The molecule has 0 atom stereocenters. The molecule has 6 heteroatoms. The van der Waals surface area contributed by atoms with Gasteiger partial charge in [-0.1, -0.05) is 0 Å². The van der Waals surface area contributed by atoms with E-state index in [1.54, 1.807) is 0 Å². The van der Waals surface area contributed by atoms with Crippen LogP contribution in [0.25, 0.3) is 0 Å². The number of halogens is 1. The molecule has 0 saturated carbocycles. The fourth-order valence-electron chi connectivity index (χ4n) is 0.234. The highest BCUT2D eigenvalue weighted by Gasteiger charge is 2.05. The molecule has 0 rings (SSSR count). The van der Waals surface area contributed by atoms with Gasteiger partial charge in [0.15, 0.2) is 6.67 Å². The number of alkyl halides is 1. The Balaban J connectivity index is 3.91. The number of sulfonamides is 1. The van der Waals surface area contributed by atoms with Gasteiger partial charge in [0.25, 0.3) is 5.91 Å². The number of hydrogen-bond acceptors (Lipinski definition) is 3. The van der Waals surface area contributed by atoms with E-state index in [2.05, 4.69) is 0 Å². The largest absolute Gasteiger partial charge is 0.271 e. The quantitative estimate of drug-likeness (QED) is 0.558. The minimum atomic E-state index is -3.58. The van der Waals surface area contributed by atoms with E-state index < -0.39 is 22.6 Å². The van der Waals surface area contributed by atoms with Crippen LogP contribution >= 0.6 is 0 Å². The molecule has 9 heavy (non-hydrogen) atoms. The standard InChI is InChI=1S/C3H6FNO3S/c1-9(7,8)5-3(6)2-4/h2H2,1H3,(H,5,6). The maximum atomic E-state index is 11.2. The lowest BCUT2D eigenvalue weighted by Gasteiger charge is -1.95. The molecular formula is C3H6FNO3S. The van der Waals surface area contributed by atoms with E-state index in [1.165, 1.54) is 4.72 Å². The van der Waals surface area contributed by atoms with Crippen molar-refractivity contribution in [3.8, 4) is 0 Å². The van der Waals surface area contributed by atoms with E-state index in [0.717, 1.165) is 6.26 Å². The Labute approximate surface area is 52.1 Å². The molecule has 0 unspecified atom stereocenters. The first-order valence-electron chi connectivity index (χ1n) is 2.02. The number of amides is 1. The highest BCUT2D eigenvalue weighted by Crippen LogP contribution is 1.74. The van der Waals surface area contributed by atoms with Gasteiger partial charge in [-0.2, -0.15) is 0 Å². The summed E-state index contributed by atoms with van der Waals surface area (Å²) in [6.45, 7) is -1.31. The van der Waals surface area contributed by atoms with Gasteiger partial charge in [-0.25, -0.2) is 12.8 Å². The van der Waals surface area contributed by atoms with E-state index in [9.17, 15) is 17.6 Å². The summed E-state index contributed by atoms with van der Waals surface area (Å²) in [5, 5.41) is 0. The zero-order chi connectivity index (χ0) is 7.49. The Kier molecular flexibility index (Phi) is 2.57. The van der Waals surface area contributed by atoms with Crippen LogP contribution in [0.15, 0.2) is 0 Å². The Morgan fingerprint density at radius 1 is 1.67 bits per heavy atom. The molecule has 0 spiro atoms. The molecule has 0 aromatic rings. The molecule has 4 nitrogen and oxygen atoms in total. The third-order valence-electron chi connectivity index (χ3n) is 0.421. The monoisotopic (exact) mass is 155 g/mol. The number of carbonyl (C=O) groups is 1. The molecule has 0 aliphatic carbocycles. The van der Waals surface area contributed by atoms with Crippen molar-refractivity contribution >= 4 is 15.9 Å². The first kappa shape index (κ1) is 8.35. The second kappa shape index (κ2) is 2.77. The lowest BCUT2D eigenvalue weighted by Crippen LogP contribution is -2.30. The number of carbonyl (C=O) groups excluding carboxylic acids is 1. The molecule has 0 heterocycles. The van der Waals surface area contributed by atoms with Crippen LogP contribution in [0.5, 0.6) is 0 Å². The maximum Gasteiger partial charge on any atom is 0.264 e. The van der Waals surface area contributed by atoms with Crippen LogP contribution in [0.1, 0.15) is 0 Å². The van der Waals surface area contributed by atoms with Crippen LogP contribution < -0.4 is 4.72 Å². The van der Waals surface area contributed by atoms with E-state index >= 15 is 0 Å². The van der Waals surface area contributed by atoms with E-state index in [0.29, 0.717) is 0 Å². The molecule has 0 saturated heterocycles. The molecule has 0 aliphatic heterocycles. The fourth-order valence-corrected chi connectivity index (χ4v) is 0.702. The topological polar surface area (TPSA) is 63.2 Å². The zero-order valence-electron chi connectivity index (χ0n) is 4.72. The summed E-state index contributed by atoms with van der Waals surface area (Å²) in [7, 11) is -3.58. The Morgan fingerprint density at radius 2 is 2.11 bits per heavy atom. The molecule has 0 bridgehead atoms. The summed E-state index contributed by atoms with van der Waals surface area (Å²) in [5.41, 5.74) is 0. The van der Waals surface area contributed by atoms with Gasteiger partial charge < -0.3 is 0 Å². The van der Waals surface area contributed by atoms with Crippen molar-refractivity contribution in [3.63, 3.8) is 0 Å². The number of hydrogen-bond donors (Lipinski definition) is 1. The Morgan fingerprint density at radius 3 is 2.22 bits per heavy atom. The van der Waals surface area contributed by atoms with Crippen LogP contribution in [0.4, 0.5) is 4.39 Å². The van der Waals surface area contributed by atoms with E-state index in [-0.39, 0.29) is 0 Å². The van der Waals surface area contributed by atoms with Gasteiger partial charge in [0.1, 0.15) is 0 Å². The van der Waals surface area contributed by atoms with Crippen molar-refractivity contribution in [2.45, 2.75) is 0 Å². The lowest BCUT2D eigenvalue weighted by atomic mass is 10.7. The SMILES string of the molecule is CS(=O)(=O)NC(=O)CF. The van der Waals surface area contributed by atoms with Crippen molar-refractivity contribution in [3.05, 3.63) is 0 Å². The third kappa shape index (κ3) is 5.22. The molecule has 0 fully saturated rings. The van der Waals surface area contributed by atoms with Crippen LogP contribution in [-0.2, 0) is 14.8 Å². The van der Waals surface area contributed by atoms with Crippen molar-refractivity contribution < 1.29 is 17.6 Å². The van der Waals surface area contributed by atoms with Crippen molar-refractivity contribution in [1.29, 1.82) is 0 Å². The number of nitrogens with one attached hydrogen (secondary N) is 1.